The van der Waals surface area contributed by atoms with Crippen LogP contribution in [0.1, 0.15) is 11.1 Å². The molecule has 0 saturated carbocycles. The first kappa shape index (κ1) is 18.0. The molecule has 0 N–H and O–H groups in total. The van der Waals surface area contributed by atoms with Crippen LogP contribution in [-0.2, 0) is 17.5 Å². The molecule has 1 saturated heterocycles. The second-order valence-electron chi connectivity index (χ2n) is 5.81. The number of piperazine rings is 1. The van der Waals surface area contributed by atoms with Gasteiger partial charge >= 0.3 is 12.3 Å². The van der Waals surface area contributed by atoms with E-state index in [4.69, 9.17) is 4.74 Å². The van der Waals surface area contributed by atoms with Crippen molar-refractivity contribution in [1.82, 2.24) is 15.1 Å². The second kappa shape index (κ2) is 7.59. The summed E-state index contributed by atoms with van der Waals surface area (Å²) in [6, 6.07) is 10.3. The molecule has 26 heavy (non-hydrogen) atoms. The van der Waals surface area contributed by atoms with Gasteiger partial charge < -0.3 is 14.5 Å². The third kappa shape index (κ3) is 4.41. The number of hydrogen-bond donors (Lipinski definition) is 0. The van der Waals surface area contributed by atoms with Gasteiger partial charge in [0.2, 0.25) is 0 Å². The Morgan fingerprint density at radius 2 is 1.81 bits per heavy atom. The minimum absolute atomic E-state index is 0.150. The van der Waals surface area contributed by atoms with Crippen LogP contribution < -0.4 is 4.90 Å². The van der Waals surface area contributed by atoms with Gasteiger partial charge in [0.25, 0.3) is 0 Å². The molecule has 0 radical (unpaired) electrons. The highest BCUT2D eigenvalue weighted by Crippen LogP contribution is 2.30. The van der Waals surface area contributed by atoms with Crippen LogP contribution in [0.2, 0.25) is 0 Å². The van der Waals surface area contributed by atoms with Crippen LogP contribution in [0.3, 0.4) is 0 Å². The SMILES string of the molecule is O=C(OCc1ccccc1)N1CCN(c2cc(C(F)(F)F)cnn2)CC1. The monoisotopic (exact) mass is 366 g/mol. The molecule has 0 aliphatic carbocycles. The third-order valence-electron chi connectivity index (χ3n) is 4.04. The number of hydrogen-bond acceptors (Lipinski definition) is 5. The molecule has 1 fully saturated rings. The van der Waals surface area contributed by atoms with Crippen LogP contribution in [0, 0.1) is 0 Å². The largest absolute Gasteiger partial charge is 0.445 e. The van der Waals surface area contributed by atoms with Crippen molar-refractivity contribution >= 4 is 11.9 Å². The van der Waals surface area contributed by atoms with Crippen molar-refractivity contribution in [2.75, 3.05) is 31.1 Å². The van der Waals surface area contributed by atoms with Crippen LogP contribution in [0.5, 0.6) is 0 Å². The number of halogens is 3. The quantitative estimate of drug-likeness (QED) is 0.836. The van der Waals surface area contributed by atoms with E-state index in [9.17, 15) is 18.0 Å². The number of rotatable bonds is 3. The average Bonchev–Trinajstić information content (AvgIpc) is 2.66. The van der Waals surface area contributed by atoms with E-state index in [0.717, 1.165) is 11.6 Å². The van der Waals surface area contributed by atoms with E-state index in [1.54, 1.807) is 4.90 Å². The lowest BCUT2D eigenvalue weighted by Crippen LogP contribution is -2.49. The zero-order valence-corrected chi connectivity index (χ0v) is 13.8. The molecule has 1 aromatic heterocycles. The van der Waals surface area contributed by atoms with E-state index >= 15 is 0 Å². The Morgan fingerprint density at radius 1 is 1.12 bits per heavy atom. The summed E-state index contributed by atoms with van der Waals surface area (Å²) in [6.45, 7) is 1.57. The number of carbonyl (C=O) groups is 1. The second-order valence-corrected chi connectivity index (χ2v) is 5.81. The Kier molecular flexibility index (Phi) is 5.24. The highest BCUT2D eigenvalue weighted by atomic mass is 19.4. The topological polar surface area (TPSA) is 58.6 Å². The smallest absolute Gasteiger partial charge is 0.418 e. The summed E-state index contributed by atoms with van der Waals surface area (Å²) in [7, 11) is 0. The zero-order chi connectivity index (χ0) is 18.6. The molecular formula is C17H17F3N4O2. The standard InChI is InChI=1S/C17H17F3N4O2/c18-17(19,20)14-10-15(22-21-11-14)23-6-8-24(9-7-23)16(25)26-12-13-4-2-1-3-5-13/h1-5,10-11H,6-9,12H2. The van der Waals surface area contributed by atoms with Crippen LogP contribution >= 0.6 is 0 Å². The Morgan fingerprint density at radius 3 is 2.46 bits per heavy atom. The number of nitrogens with zero attached hydrogens (tertiary/aromatic N) is 4. The molecule has 0 spiro atoms. The molecule has 9 heteroatoms. The number of anilines is 1. The van der Waals surface area contributed by atoms with Crippen molar-refractivity contribution < 1.29 is 22.7 Å². The van der Waals surface area contributed by atoms with E-state index in [-0.39, 0.29) is 12.4 Å². The Bertz CT molecular complexity index is 747. The number of ether oxygens (including phenoxy) is 1. The van der Waals surface area contributed by atoms with Gasteiger partial charge in [0.05, 0.1) is 11.8 Å². The summed E-state index contributed by atoms with van der Waals surface area (Å²) in [6.07, 6.45) is -4.21. The molecule has 0 atom stereocenters. The summed E-state index contributed by atoms with van der Waals surface area (Å²) in [5, 5.41) is 7.19. The number of alkyl halides is 3. The maximum atomic E-state index is 12.8. The Balaban J connectivity index is 1.53. The zero-order valence-electron chi connectivity index (χ0n) is 13.8. The van der Waals surface area contributed by atoms with Gasteiger partial charge in [-0.05, 0) is 11.6 Å². The number of amides is 1. The summed E-state index contributed by atoms with van der Waals surface area (Å²) in [5.74, 6) is 0.150. The Labute approximate surface area is 148 Å². The van der Waals surface area contributed by atoms with Crippen LogP contribution in [0.15, 0.2) is 42.6 Å². The lowest BCUT2D eigenvalue weighted by atomic mass is 10.2. The molecule has 0 bridgehead atoms. The van der Waals surface area contributed by atoms with Gasteiger partial charge in [-0.3, -0.25) is 0 Å². The normalized spacial score (nSPS) is 15.0. The van der Waals surface area contributed by atoms with Crippen molar-refractivity contribution in [2.45, 2.75) is 12.8 Å². The fraction of sp³-hybridized carbons (Fsp3) is 0.353. The minimum atomic E-state index is -4.46. The fourth-order valence-corrected chi connectivity index (χ4v) is 2.59. The van der Waals surface area contributed by atoms with Crippen LogP contribution in [0.4, 0.5) is 23.8 Å². The molecule has 1 aromatic carbocycles. The Hall–Kier alpha value is -2.84. The highest BCUT2D eigenvalue weighted by Gasteiger charge is 2.32. The van der Waals surface area contributed by atoms with Gasteiger partial charge in [-0.15, -0.1) is 5.10 Å². The first-order chi connectivity index (χ1) is 12.4. The molecule has 138 valence electrons. The molecule has 1 amide bonds. The summed E-state index contributed by atoms with van der Waals surface area (Å²) < 4.78 is 43.6. The van der Waals surface area contributed by atoms with Crippen molar-refractivity contribution in [3.63, 3.8) is 0 Å². The first-order valence-corrected chi connectivity index (χ1v) is 8.04. The number of aromatic nitrogens is 2. The minimum Gasteiger partial charge on any atom is -0.445 e. The molecule has 2 aromatic rings. The van der Waals surface area contributed by atoms with E-state index in [0.29, 0.717) is 32.4 Å². The maximum Gasteiger partial charge on any atom is 0.418 e. The number of carbonyl (C=O) groups excluding carboxylic acids is 1. The highest BCUT2D eigenvalue weighted by molar-refractivity contribution is 5.68. The summed E-state index contributed by atoms with van der Waals surface area (Å²) in [5.41, 5.74) is 0.0472. The molecule has 1 aliphatic rings. The molecule has 0 unspecified atom stereocenters. The predicted molar refractivity (Wildman–Crippen MR) is 87.4 cm³/mol. The fourth-order valence-electron chi connectivity index (χ4n) is 2.59. The predicted octanol–water partition coefficient (Wildman–Crippen LogP) is 2.95. The van der Waals surface area contributed by atoms with Crippen molar-refractivity contribution in [1.29, 1.82) is 0 Å². The third-order valence-corrected chi connectivity index (χ3v) is 4.04. The lowest BCUT2D eigenvalue weighted by molar-refractivity contribution is -0.137. The van der Waals surface area contributed by atoms with Gasteiger partial charge in [-0.2, -0.15) is 18.3 Å². The van der Waals surface area contributed by atoms with Crippen LogP contribution in [-0.4, -0.2) is 47.4 Å². The summed E-state index contributed by atoms with van der Waals surface area (Å²) in [4.78, 5) is 15.3. The molecule has 2 heterocycles. The van der Waals surface area contributed by atoms with Gasteiger partial charge in [-0.25, -0.2) is 4.79 Å². The van der Waals surface area contributed by atoms with E-state index < -0.39 is 17.8 Å². The van der Waals surface area contributed by atoms with Crippen molar-refractivity contribution in [2.24, 2.45) is 0 Å². The van der Waals surface area contributed by atoms with Crippen LogP contribution in [0.25, 0.3) is 0 Å². The first-order valence-electron chi connectivity index (χ1n) is 8.04. The maximum absolute atomic E-state index is 12.8. The van der Waals surface area contributed by atoms with Gasteiger partial charge in [0, 0.05) is 26.2 Å². The van der Waals surface area contributed by atoms with E-state index in [2.05, 4.69) is 10.2 Å². The van der Waals surface area contributed by atoms with E-state index in [1.165, 1.54) is 4.90 Å². The molecule has 1 aliphatic heterocycles. The molecule has 3 rings (SSSR count). The van der Waals surface area contributed by atoms with E-state index in [1.807, 2.05) is 30.3 Å². The van der Waals surface area contributed by atoms with Crippen molar-refractivity contribution in [3.05, 3.63) is 53.7 Å². The summed E-state index contributed by atoms with van der Waals surface area (Å²) >= 11 is 0. The van der Waals surface area contributed by atoms with Gasteiger partial charge in [0.15, 0.2) is 5.82 Å². The average molecular weight is 366 g/mol. The lowest BCUT2D eigenvalue weighted by Gasteiger charge is -2.34. The van der Waals surface area contributed by atoms with Gasteiger partial charge in [-0.1, -0.05) is 30.3 Å². The molecule has 6 nitrogen and oxygen atoms in total. The van der Waals surface area contributed by atoms with Crippen molar-refractivity contribution in [3.8, 4) is 0 Å². The van der Waals surface area contributed by atoms with Gasteiger partial charge in [0.1, 0.15) is 6.61 Å². The molecular weight excluding hydrogens is 349 g/mol. The number of benzene rings is 1.